The normalized spacial score (nSPS) is 12.7. The van der Waals surface area contributed by atoms with Gasteiger partial charge in [-0.05, 0) is 38.2 Å². The molecular formula is C14H22O2. The fourth-order valence-electron chi connectivity index (χ4n) is 1.70. The Morgan fingerprint density at radius 3 is 2.50 bits per heavy atom. The van der Waals surface area contributed by atoms with E-state index in [4.69, 9.17) is 4.74 Å². The number of hydrogen-bond acceptors (Lipinski definition) is 2. The highest BCUT2D eigenvalue weighted by molar-refractivity contribution is 5.21. The average molecular weight is 222 g/mol. The first-order valence-electron chi connectivity index (χ1n) is 5.95. The van der Waals surface area contributed by atoms with Gasteiger partial charge in [-0.25, -0.2) is 0 Å². The van der Waals surface area contributed by atoms with E-state index in [0.717, 1.165) is 32.3 Å². The Labute approximate surface area is 98.3 Å². The Morgan fingerprint density at radius 2 is 1.88 bits per heavy atom. The van der Waals surface area contributed by atoms with Crippen LogP contribution in [-0.4, -0.2) is 24.9 Å². The number of methoxy groups -OCH3 is 1. The van der Waals surface area contributed by atoms with Crippen molar-refractivity contribution in [3.63, 3.8) is 0 Å². The van der Waals surface area contributed by atoms with Crippen molar-refractivity contribution in [3.05, 3.63) is 35.4 Å². The molecule has 0 bridgehead atoms. The van der Waals surface area contributed by atoms with Gasteiger partial charge in [0.1, 0.15) is 0 Å². The second kappa shape index (κ2) is 7.42. The van der Waals surface area contributed by atoms with E-state index < -0.39 is 0 Å². The van der Waals surface area contributed by atoms with Crippen molar-refractivity contribution in [2.45, 2.75) is 38.7 Å². The van der Waals surface area contributed by atoms with Gasteiger partial charge in [-0.1, -0.05) is 29.8 Å². The van der Waals surface area contributed by atoms with E-state index in [-0.39, 0.29) is 6.10 Å². The lowest BCUT2D eigenvalue weighted by Crippen LogP contribution is -2.09. The molecule has 1 rings (SSSR count). The van der Waals surface area contributed by atoms with E-state index in [1.165, 1.54) is 11.1 Å². The van der Waals surface area contributed by atoms with Gasteiger partial charge in [-0.2, -0.15) is 0 Å². The fraction of sp³-hybridized carbons (Fsp3) is 0.571. The second-order valence-corrected chi connectivity index (χ2v) is 4.31. The van der Waals surface area contributed by atoms with E-state index in [1.54, 1.807) is 7.11 Å². The maximum Gasteiger partial charge on any atom is 0.0544 e. The van der Waals surface area contributed by atoms with E-state index in [0.29, 0.717) is 0 Å². The first kappa shape index (κ1) is 13.2. The average Bonchev–Trinajstić information content (AvgIpc) is 2.29. The maximum absolute atomic E-state index is 9.74. The van der Waals surface area contributed by atoms with Crippen LogP contribution in [0.2, 0.25) is 0 Å². The van der Waals surface area contributed by atoms with E-state index >= 15 is 0 Å². The molecule has 16 heavy (non-hydrogen) atoms. The molecule has 0 saturated carbocycles. The summed E-state index contributed by atoms with van der Waals surface area (Å²) in [7, 11) is 1.69. The van der Waals surface area contributed by atoms with E-state index in [2.05, 4.69) is 31.2 Å². The summed E-state index contributed by atoms with van der Waals surface area (Å²) in [5.41, 5.74) is 2.58. The Kier molecular flexibility index (Phi) is 6.12. The topological polar surface area (TPSA) is 29.5 Å². The summed E-state index contributed by atoms with van der Waals surface area (Å²) in [5.74, 6) is 0. The fourth-order valence-corrected chi connectivity index (χ4v) is 1.70. The molecule has 2 nitrogen and oxygen atoms in total. The monoisotopic (exact) mass is 222 g/mol. The van der Waals surface area contributed by atoms with Crippen LogP contribution in [0.15, 0.2) is 24.3 Å². The molecule has 1 N–H and O–H groups in total. The third kappa shape index (κ3) is 5.29. The maximum atomic E-state index is 9.74. The van der Waals surface area contributed by atoms with Crippen LogP contribution in [0, 0.1) is 6.92 Å². The number of aliphatic hydroxyl groups is 1. The van der Waals surface area contributed by atoms with Gasteiger partial charge >= 0.3 is 0 Å². The molecule has 90 valence electrons. The largest absolute Gasteiger partial charge is 0.393 e. The number of aryl methyl sites for hydroxylation is 2. The van der Waals surface area contributed by atoms with Gasteiger partial charge in [0.25, 0.3) is 0 Å². The molecule has 0 spiro atoms. The summed E-state index contributed by atoms with van der Waals surface area (Å²) in [6.45, 7) is 2.82. The number of benzene rings is 1. The van der Waals surface area contributed by atoms with Crippen LogP contribution in [-0.2, 0) is 11.2 Å². The predicted molar refractivity (Wildman–Crippen MR) is 66.6 cm³/mol. The molecule has 1 atom stereocenters. The molecule has 0 heterocycles. The second-order valence-electron chi connectivity index (χ2n) is 4.31. The van der Waals surface area contributed by atoms with Crippen molar-refractivity contribution in [1.29, 1.82) is 0 Å². The zero-order chi connectivity index (χ0) is 11.8. The molecular weight excluding hydrogens is 200 g/mol. The number of hydrogen-bond donors (Lipinski definition) is 1. The third-order valence-corrected chi connectivity index (χ3v) is 2.77. The van der Waals surface area contributed by atoms with Crippen molar-refractivity contribution < 1.29 is 9.84 Å². The van der Waals surface area contributed by atoms with Crippen molar-refractivity contribution in [1.82, 2.24) is 0 Å². The summed E-state index contributed by atoms with van der Waals surface area (Å²) in [4.78, 5) is 0. The molecule has 2 heteroatoms. The van der Waals surface area contributed by atoms with Crippen molar-refractivity contribution in [2.24, 2.45) is 0 Å². The van der Waals surface area contributed by atoms with Crippen LogP contribution >= 0.6 is 0 Å². The van der Waals surface area contributed by atoms with E-state index in [9.17, 15) is 5.11 Å². The molecule has 0 aliphatic carbocycles. The Hall–Kier alpha value is -0.860. The van der Waals surface area contributed by atoms with Crippen molar-refractivity contribution in [2.75, 3.05) is 13.7 Å². The number of ether oxygens (including phenoxy) is 1. The van der Waals surface area contributed by atoms with Crippen LogP contribution < -0.4 is 0 Å². The summed E-state index contributed by atoms with van der Waals surface area (Å²) in [6.07, 6.45) is 3.36. The highest BCUT2D eigenvalue weighted by Crippen LogP contribution is 2.10. The van der Waals surface area contributed by atoms with Gasteiger partial charge in [0.05, 0.1) is 6.10 Å². The molecule has 0 aliphatic heterocycles. The lowest BCUT2D eigenvalue weighted by Gasteiger charge is -2.10. The zero-order valence-electron chi connectivity index (χ0n) is 10.3. The van der Waals surface area contributed by atoms with Crippen LogP contribution in [0.4, 0.5) is 0 Å². The minimum absolute atomic E-state index is 0.198. The van der Waals surface area contributed by atoms with Gasteiger partial charge in [-0.3, -0.25) is 0 Å². The molecule has 1 unspecified atom stereocenters. The SMILES string of the molecule is COCCCC(O)CCc1ccc(C)cc1. The molecule has 0 radical (unpaired) electrons. The zero-order valence-corrected chi connectivity index (χ0v) is 10.3. The van der Waals surface area contributed by atoms with Gasteiger partial charge in [0.2, 0.25) is 0 Å². The number of aliphatic hydroxyl groups excluding tert-OH is 1. The standard InChI is InChI=1S/C14H22O2/c1-12-5-7-13(8-6-12)9-10-14(15)4-3-11-16-2/h5-8,14-15H,3-4,9-11H2,1-2H3. The van der Waals surface area contributed by atoms with Gasteiger partial charge in [0, 0.05) is 13.7 Å². The smallest absolute Gasteiger partial charge is 0.0544 e. The summed E-state index contributed by atoms with van der Waals surface area (Å²) in [5, 5.41) is 9.74. The lowest BCUT2D eigenvalue weighted by molar-refractivity contribution is 0.128. The Bertz CT molecular complexity index is 279. The van der Waals surface area contributed by atoms with Crippen LogP contribution in [0.3, 0.4) is 0 Å². The third-order valence-electron chi connectivity index (χ3n) is 2.77. The van der Waals surface area contributed by atoms with Gasteiger partial charge in [-0.15, -0.1) is 0 Å². The van der Waals surface area contributed by atoms with Gasteiger partial charge in [0.15, 0.2) is 0 Å². The highest BCUT2D eigenvalue weighted by Gasteiger charge is 2.04. The number of rotatable bonds is 7. The minimum atomic E-state index is -0.198. The first-order valence-corrected chi connectivity index (χ1v) is 5.95. The first-order chi connectivity index (χ1) is 7.72. The van der Waals surface area contributed by atoms with Crippen molar-refractivity contribution in [3.8, 4) is 0 Å². The molecule has 0 aromatic heterocycles. The Balaban J connectivity index is 2.20. The summed E-state index contributed by atoms with van der Waals surface area (Å²) in [6, 6.07) is 8.51. The molecule has 0 amide bonds. The van der Waals surface area contributed by atoms with Crippen LogP contribution in [0.25, 0.3) is 0 Å². The molecule has 0 fully saturated rings. The predicted octanol–water partition coefficient (Wildman–Crippen LogP) is 2.72. The highest BCUT2D eigenvalue weighted by atomic mass is 16.5. The molecule has 0 aliphatic rings. The van der Waals surface area contributed by atoms with E-state index in [1.807, 2.05) is 0 Å². The van der Waals surface area contributed by atoms with Gasteiger partial charge < -0.3 is 9.84 Å². The molecule has 1 aromatic rings. The van der Waals surface area contributed by atoms with Crippen molar-refractivity contribution >= 4 is 0 Å². The summed E-state index contributed by atoms with van der Waals surface area (Å²) < 4.78 is 4.96. The summed E-state index contributed by atoms with van der Waals surface area (Å²) >= 11 is 0. The Morgan fingerprint density at radius 1 is 1.19 bits per heavy atom. The molecule has 1 aromatic carbocycles. The van der Waals surface area contributed by atoms with Crippen LogP contribution in [0.5, 0.6) is 0 Å². The minimum Gasteiger partial charge on any atom is -0.393 e. The molecule has 0 saturated heterocycles. The quantitative estimate of drug-likeness (QED) is 0.719. The van der Waals surface area contributed by atoms with Crippen LogP contribution in [0.1, 0.15) is 30.4 Å². The lowest BCUT2D eigenvalue weighted by atomic mass is 10.0.